The number of hydrogen-bond acceptors (Lipinski definition) is 3. The molecule has 4 heteroatoms. The van der Waals surface area contributed by atoms with Crippen LogP contribution in [-0.2, 0) is 11.2 Å². The predicted octanol–water partition coefficient (Wildman–Crippen LogP) is 1.66. The van der Waals surface area contributed by atoms with E-state index in [1.165, 1.54) is 19.3 Å². The fourth-order valence-corrected chi connectivity index (χ4v) is 2.44. The second kappa shape index (κ2) is 7.89. The van der Waals surface area contributed by atoms with Crippen LogP contribution in [0.1, 0.15) is 37.8 Å². The summed E-state index contributed by atoms with van der Waals surface area (Å²) < 4.78 is 0. The summed E-state index contributed by atoms with van der Waals surface area (Å²) in [7, 11) is 0. The fourth-order valence-electron chi connectivity index (χ4n) is 2.44. The summed E-state index contributed by atoms with van der Waals surface area (Å²) >= 11 is 0. The molecule has 1 unspecified atom stereocenters. The van der Waals surface area contributed by atoms with Crippen LogP contribution in [0.2, 0.25) is 0 Å². The predicted molar refractivity (Wildman–Crippen MR) is 75.8 cm³/mol. The van der Waals surface area contributed by atoms with Crippen LogP contribution in [0.15, 0.2) is 24.4 Å². The molecule has 1 aromatic heterocycles. The monoisotopic (exact) mass is 261 g/mol. The Morgan fingerprint density at radius 1 is 1.42 bits per heavy atom. The minimum absolute atomic E-state index is 0.156. The molecule has 0 radical (unpaired) electrons. The average Bonchev–Trinajstić information content (AvgIpc) is 2.47. The molecule has 0 aromatic carbocycles. The summed E-state index contributed by atoms with van der Waals surface area (Å²) in [6.45, 7) is 1.78. The first kappa shape index (κ1) is 14.0. The first-order valence-corrected chi connectivity index (χ1v) is 7.24. The molecule has 2 N–H and O–H groups in total. The SMILES string of the molecule is O=C(CCC1CCCCN1)NCCc1ccccn1. The number of carbonyl (C=O) groups is 1. The van der Waals surface area contributed by atoms with Crippen molar-refractivity contribution in [1.29, 1.82) is 0 Å². The molecule has 1 aliphatic rings. The summed E-state index contributed by atoms with van der Waals surface area (Å²) in [5.41, 5.74) is 1.02. The molecule has 1 amide bonds. The second-order valence-corrected chi connectivity index (χ2v) is 5.11. The molecule has 0 spiro atoms. The lowest BCUT2D eigenvalue weighted by Gasteiger charge is -2.23. The molecular formula is C15H23N3O. The van der Waals surface area contributed by atoms with Gasteiger partial charge in [-0.25, -0.2) is 0 Å². The molecule has 19 heavy (non-hydrogen) atoms. The second-order valence-electron chi connectivity index (χ2n) is 5.11. The van der Waals surface area contributed by atoms with Gasteiger partial charge in [-0.05, 0) is 37.9 Å². The Morgan fingerprint density at radius 2 is 2.37 bits per heavy atom. The van der Waals surface area contributed by atoms with Gasteiger partial charge < -0.3 is 10.6 Å². The molecule has 2 rings (SSSR count). The van der Waals surface area contributed by atoms with Gasteiger partial charge in [0.2, 0.25) is 5.91 Å². The van der Waals surface area contributed by atoms with Gasteiger partial charge in [0.25, 0.3) is 0 Å². The molecule has 2 heterocycles. The van der Waals surface area contributed by atoms with Crippen LogP contribution in [0.5, 0.6) is 0 Å². The van der Waals surface area contributed by atoms with Crippen molar-refractivity contribution in [2.75, 3.05) is 13.1 Å². The minimum Gasteiger partial charge on any atom is -0.356 e. The third kappa shape index (κ3) is 5.39. The van der Waals surface area contributed by atoms with Crippen molar-refractivity contribution < 1.29 is 4.79 Å². The van der Waals surface area contributed by atoms with Gasteiger partial charge in [0.05, 0.1) is 0 Å². The highest BCUT2D eigenvalue weighted by Gasteiger charge is 2.13. The van der Waals surface area contributed by atoms with E-state index in [2.05, 4.69) is 15.6 Å². The van der Waals surface area contributed by atoms with Crippen LogP contribution in [-0.4, -0.2) is 30.0 Å². The maximum atomic E-state index is 11.7. The lowest BCUT2D eigenvalue weighted by molar-refractivity contribution is -0.121. The topological polar surface area (TPSA) is 54.0 Å². The number of hydrogen-bond donors (Lipinski definition) is 2. The third-order valence-electron chi connectivity index (χ3n) is 3.56. The first-order valence-electron chi connectivity index (χ1n) is 7.24. The molecule has 0 saturated carbocycles. The number of aromatic nitrogens is 1. The van der Waals surface area contributed by atoms with Gasteiger partial charge in [-0.15, -0.1) is 0 Å². The Bertz CT molecular complexity index is 374. The first-order chi connectivity index (χ1) is 9.34. The van der Waals surface area contributed by atoms with Crippen molar-refractivity contribution in [2.45, 2.75) is 44.6 Å². The molecule has 1 saturated heterocycles. The fraction of sp³-hybridized carbons (Fsp3) is 0.600. The molecule has 0 aliphatic carbocycles. The normalized spacial score (nSPS) is 19.1. The van der Waals surface area contributed by atoms with Crippen molar-refractivity contribution in [3.63, 3.8) is 0 Å². The Hall–Kier alpha value is -1.42. The van der Waals surface area contributed by atoms with E-state index in [9.17, 15) is 4.79 Å². The van der Waals surface area contributed by atoms with Crippen LogP contribution in [0.4, 0.5) is 0 Å². The van der Waals surface area contributed by atoms with E-state index >= 15 is 0 Å². The average molecular weight is 261 g/mol. The Morgan fingerprint density at radius 3 is 3.11 bits per heavy atom. The van der Waals surface area contributed by atoms with Gasteiger partial charge >= 0.3 is 0 Å². The largest absolute Gasteiger partial charge is 0.356 e. The van der Waals surface area contributed by atoms with Crippen molar-refractivity contribution >= 4 is 5.91 Å². The molecule has 104 valence electrons. The number of amides is 1. The van der Waals surface area contributed by atoms with Crippen LogP contribution in [0, 0.1) is 0 Å². The maximum Gasteiger partial charge on any atom is 0.220 e. The molecular weight excluding hydrogens is 238 g/mol. The van der Waals surface area contributed by atoms with E-state index in [4.69, 9.17) is 0 Å². The van der Waals surface area contributed by atoms with Gasteiger partial charge in [-0.1, -0.05) is 12.5 Å². The highest BCUT2D eigenvalue weighted by molar-refractivity contribution is 5.75. The number of piperidine rings is 1. The standard InChI is InChI=1S/C15H23N3O/c19-15(8-7-13-5-1-3-10-16-13)18-12-9-14-6-2-4-11-17-14/h2,4,6,11,13,16H,1,3,5,7-10,12H2,(H,18,19). The van der Waals surface area contributed by atoms with Gasteiger partial charge in [-0.2, -0.15) is 0 Å². The van der Waals surface area contributed by atoms with Crippen molar-refractivity contribution in [2.24, 2.45) is 0 Å². The zero-order valence-electron chi connectivity index (χ0n) is 11.4. The van der Waals surface area contributed by atoms with Crippen molar-refractivity contribution in [3.05, 3.63) is 30.1 Å². The zero-order valence-corrected chi connectivity index (χ0v) is 11.4. The summed E-state index contributed by atoms with van der Waals surface area (Å²) in [6, 6.07) is 6.39. The highest BCUT2D eigenvalue weighted by Crippen LogP contribution is 2.11. The number of rotatable bonds is 6. The quantitative estimate of drug-likeness (QED) is 0.819. The Labute approximate surface area is 115 Å². The smallest absolute Gasteiger partial charge is 0.220 e. The van der Waals surface area contributed by atoms with E-state index in [-0.39, 0.29) is 5.91 Å². The molecule has 4 nitrogen and oxygen atoms in total. The number of nitrogens with zero attached hydrogens (tertiary/aromatic N) is 1. The molecule has 1 fully saturated rings. The van der Waals surface area contributed by atoms with Gasteiger partial charge in [-0.3, -0.25) is 9.78 Å². The van der Waals surface area contributed by atoms with E-state index in [0.717, 1.165) is 25.1 Å². The Kier molecular flexibility index (Phi) is 5.82. The van der Waals surface area contributed by atoms with Crippen molar-refractivity contribution in [1.82, 2.24) is 15.6 Å². The van der Waals surface area contributed by atoms with E-state index in [1.54, 1.807) is 6.20 Å². The molecule has 1 aliphatic heterocycles. The van der Waals surface area contributed by atoms with E-state index in [1.807, 2.05) is 18.2 Å². The summed E-state index contributed by atoms with van der Waals surface area (Å²) in [5, 5.41) is 6.43. The summed E-state index contributed by atoms with van der Waals surface area (Å²) in [5.74, 6) is 0.156. The molecule has 1 atom stereocenters. The van der Waals surface area contributed by atoms with E-state index in [0.29, 0.717) is 19.0 Å². The lowest BCUT2D eigenvalue weighted by Crippen LogP contribution is -2.35. The number of pyridine rings is 1. The number of nitrogens with one attached hydrogen (secondary N) is 2. The van der Waals surface area contributed by atoms with Crippen LogP contribution in [0.3, 0.4) is 0 Å². The zero-order chi connectivity index (χ0) is 13.3. The summed E-state index contributed by atoms with van der Waals surface area (Å²) in [6.07, 6.45) is 7.93. The maximum absolute atomic E-state index is 11.7. The number of carbonyl (C=O) groups excluding carboxylic acids is 1. The highest BCUT2D eigenvalue weighted by atomic mass is 16.1. The van der Waals surface area contributed by atoms with Crippen LogP contribution >= 0.6 is 0 Å². The molecule has 0 bridgehead atoms. The van der Waals surface area contributed by atoms with Gasteiger partial charge in [0.15, 0.2) is 0 Å². The van der Waals surface area contributed by atoms with Crippen LogP contribution in [0.25, 0.3) is 0 Å². The van der Waals surface area contributed by atoms with E-state index < -0.39 is 0 Å². The van der Waals surface area contributed by atoms with Crippen LogP contribution < -0.4 is 10.6 Å². The van der Waals surface area contributed by atoms with Gasteiger partial charge in [0.1, 0.15) is 0 Å². The van der Waals surface area contributed by atoms with Gasteiger partial charge in [0, 0.05) is 37.3 Å². The third-order valence-corrected chi connectivity index (χ3v) is 3.56. The Balaban J connectivity index is 1.57. The lowest BCUT2D eigenvalue weighted by atomic mass is 10.0. The minimum atomic E-state index is 0.156. The molecule has 1 aromatic rings. The summed E-state index contributed by atoms with van der Waals surface area (Å²) in [4.78, 5) is 16.0. The van der Waals surface area contributed by atoms with Crippen molar-refractivity contribution in [3.8, 4) is 0 Å².